The molecular weight excluding hydrogens is 423 g/mol. The number of carbonyl (C=O) groups excluding carboxylic acids is 1. The number of rotatable bonds is 5. The molecule has 0 bridgehead atoms. The number of pyridine rings is 2. The maximum Gasteiger partial charge on any atom is 0.574 e. The fourth-order valence-corrected chi connectivity index (χ4v) is 3.95. The van der Waals surface area contributed by atoms with Gasteiger partial charge in [0.25, 0.3) is 5.91 Å². The van der Waals surface area contributed by atoms with Crippen LogP contribution in [0.3, 0.4) is 0 Å². The summed E-state index contributed by atoms with van der Waals surface area (Å²) in [4.78, 5) is 20.7. The van der Waals surface area contributed by atoms with Crippen molar-refractivity contribution in [3.63, 3.8) is 0 Å². The monoisotopic (exact) mass is 443 g/mol. The first-order valence-corrected chi connectivity index (χ1v) is 10.4. The molecule has 0 saturated heterocycles. The Balaban J connectivity index is 1.35. The van der Waals surface area contributed by atoms with Crippen LogP contribution in [0.1, 0.15) is 59.4 Å². The lowest BCUT2D eigenvalue weighted by Crippen LogP contribution is -2.32. The van der Waals surface area contributed by atoms with Crippen molar-refractivity contribution in [3.8, 4) is 17.1 Å². The van der Waals surface area contributed by atoms with Crippen molar-refractivity contribution >= 4 is 5.91 Å². The van der Waals surface area contributed by atoms with Gasteiger partial charge in [0.2, 0.25) is 5.88 Å². The first-order valence-electron chi connectivity index (χ1n) is 10.4. The number of ether oxygens (including phenoxy) is 1. The number of hydrogen-bond donors (Lipinski definition) is 1. The number of aryl methyl sites for hydroxylation is 1. The van der Waals surface area contributed by atoms with Crippen molar-refractivity contribution in [1.82, 2.24) is 25.1 Å². The highest BCUT2D eigenvalue weighted by Crippen LogP contribution is 2.40. The topological polar surface area (TPSA) is 81.9 Å². The fourth-order valence-electron chi connectivity index (χ4n) is 3.95. The van der Waals surface area contributed by atoms with Gasteiger partial charge < -0.3 is 10.1 Å². The summed E-state index contributed by atoms with van der Waals surface area (Å²) >= 11 is 0. The number of nitrogens with one attached hydrogen (secondary N) is 1. The number of amides is 1. The minimum absolute atomic E-state index is 0.0410. The van der Waals surface area contributed by atoms with Gasteiger partial charge in [-0.1, -0.05) is 0 Å². The van der Waals surface area contributed by atoms with Gasteiger partial charge in [-0.2, -0.15) is 5.10 Å². The van der Waals surface area contributed by atoms with E-state index in [0.717, 1.165) is 60.7 Å². The number of carbonyl (C=O) groups is 1. The molecule has 1 fully saturated rings. The number of halogens is 3. The maximum absolute atomic E-state index is 12.7. The Morgan fingerprint density at radius 1 is 1.09 bits per heavy atom. The zero-order valence-corrected chi connectivity index (χ0v) is 17.0. The highest BCUT2D eigenvalue weighted by Gasteiger charge is 2.32. The Morgan fingerprint density at radius 3 is 2.69 bits per heavy atom. The third kappa shape index (κ3) is 4.44. The standard InChI is InChI=1S/C22H20F3N5O2/c23-22(24,25)32-20-11-15(6-8-27-20)21(31)28-16-2-1-9-30-19(16)12-18(29-30)14-5-7-26-17(10-14)13-3-4-13/h5-8,10-13,16H,1-4,9H2,(H,28,31)/t16-/m0/s1. The summed E-state index contributed by atoms with van der Waals surface area (Å²) in [6, 6.07) is 7.97. The molecule has 32 heavy (non-hydrogen) atoms. The van der Waals surface area contributed by atoms with Crippen LogP contribution in [0.25, 0.3) is 11.3 Å². The van der Waals surface area contributed by atoms with Crippen LogP contribution in [0.15, 0.2) is 42.7 Å². The van der Waals surface area contributed by atoms with E-state index >= 15 is 0 Å². The van der Waals surface area contributed by atoms with Gasteiger partial charge in [-0.05, 0) is 49.9 Å². The molecule has 1 saturated carbocycles. The van der Waals surface area contributed by atoms with Crippen LogP contribution in [-0.2, 0) is 6.54 Å². The van der Waals surface area contributed by atoms with Crippen molar-refractivity contribution in [1.29, 1.82) is 0 Å². The number of aromatic nitrogens is 4. The molecule has 4 heterocycles. The average Bonchev–Trinajstić information content (AvgIpc) is 3.51. The molecule has 5 rings (SSSR count). The van der Waals surface area contributed by atoms with Crippen molar-refractivity contribution < 1.29 is 22.7 Å². The Hall–Kier alpha value is -3.43. The van der Waals surface area contributed by atoms with Gasteiger partial charge >= 0.3 is 6.36 Å². The molecule has 1 N–H and O–H groups in total. The van der Waals surface area contributed by atoms with Gasteiger partial charge in [0.1, 0.15) is 0 Å². The predicted octanol–water partition coefficient (Wildman–Crippen LogP) is 4.38. The molecule has 0 unspecified atom stereocenters. The summed E-state index contributed by atoms with van der Waals surface area (Å²) in [5.74, 6) is -0.642. The number of fused-ring (bicyclic) bond motifs is 1. The zero-order valence-electron chi connectivity index (χ0n) is 17.0. The summed E-state index contributed by atoms with van der Waals surface area (Å²) in [6.45, 7) is 0.737. The second-order valence-electron chi connectivity index (χ2n) is 8.02. The molecule has 1 aliphatic heterocycles. The van der Waals surface area contributed by atoms with Crippen LogP contribution in [0.5, 0.6) is 5.88 Å². The lowest BCUT2D eigenvalue weighted by molar-refractivity contribution is -0.276. The largest absolute Gasteiger partial charge is 0.574 e. The molecular formula is C22H20F3N5O2. The first-order chi connectivity index (χ1) is 15.4. The number of hydrogen-bond acceptors (Lipinski definition) is 5. The average molecular weight is 443 g/mol. The SMILES string of the molecule is O=C(N[C@H]1CCCn2nc(-c3ccnc(C4CC4)c3)cc21)c1ccnc(OC(F)(F)F)c1. The van der Waals surface area contributed by atoms with Crippen molar-refractivity contribution in [2.75, 3.05) is 0 Å². The van der Waals surface area contributed by atoms with Gasteiger partial charge in [-0.3, -0.25) is 14.5 Å². The third-order valence-corrected chi connectivity index (χ3v) is 5.63. The normalized spacial score (nSPS) is 18.2. The summed E-state index contributed by atoms with van der Waals surface area (Å²) in [5, 5.41) is 7.62. The molecule has 0 radical (unpaired) electrons. The molecule has 3 aromatic heterocycles. The van der Waals surface area contributed by atoms with Gasteiger partial charge in [0.15, 0.2) is 0 Å². The Kier molecular flexibility index (Phi) is 5.07. The van der Waals surface area contributed by atoms with Gasteiger partial charge in [-0.25, -0.2) is 4.98 Å². The number of alkyl halides is 3. The van der Waals surface area contributed by atoms with E-state index in [2.05, 4.69) is 26.1 Å². The van der Waals surface area contributed by atoms with Crippen LogP contribution in [-0.4, -0.2) is 32.0 Å². The van der Waals surface area contributed by atoms with E-state index in [-0.39, 0.29) is 11.6 Å². The van der Waals surface area contributed by atoms with Gasteiger partial charge in [0.05, 0.1) is 17.4 Å². The van der Waals surface area contributed by atoms with Crippen LogP contribution in [0.4, 0.5) is 13.2 Å². The number of nitrogens with zero attached hydrogens (tertiary/aromatic N) is 4. The van der Waals surface area contributed by atoms with Crippen LogP contribution >= 0.6 is 0 Å². The van der Waals surface area contributed by atoms with Crippen molar-refractivity contribution in [2.45, 2.75) is 50.6 Å². The zero-order chi connectivity index (χ0) is 22.3. The van der Waals surface area contributed by atoms with Gasteiger partial charge in [-0.15, -0.1) is 13.2 Å². The summed E-state index contributed by atoms with van der Waals surface area (Å²) in [7, 11) is 0. The van der Waals surface area contributed by atoms with Crippen LogP contribution in [0, 0.1) is 0 Å². The molecule has 0 aromatic carbocycles. The van der Waals surface area contributed by atoms with Gasteiger partial charge in [0, 0.05) is 47.7 Å². The van der Waals surface area contributed by atoms with E-state index < -0.39 is 18.1 Å². The van der Waals surface area contributed by atoms with Crippen molar-refractivity contribution in [2.24, 2.45) is 0 Å². The fraction of sp³-hybridized carbons (Fsp3) is 0.364. The van der Waals surface area contributed by atoms with E-state index in [1.165, 1.54) is 6.07 Å². The van der Waals surface area contributed by atoms with E-state index in [9.17, 15) is 18.0 Å². The van der Waals surface area contributed by atoms with E-state index in [4.69, 9.17) is 5.10 Å². The predicted molar refractivity (Wildman–Crippen MR) is 108 cm³/mol. The van der Waals surface area contributed by atoms with Crippen LogP contribution in [0.2, 0.25) is 0 Å². The van der Waals surface area contributed by atoms with E-state index in [0.29, 0.717) is 12.3 Å². The minimum atomic E-state index is -4.87. The molecule has 0 spiro atoms. The lowest BCUT2D eigenvalue weighted by atomic mass is 10.0. The van der Waals surface area contributed by atoms with E-state index in [1.54, 1.807) is 6.20 Å². The van der Waals surface area contributed by atoms with Crippen molar-refractivity contribution in [3.05, 3.63) is 59.7 Å². The Labute approximate surface area is 181 Å². The molecule has 1 amide bonds. The summed E-state index contributed by atoms with van der Waals surface area (Å²) in [6.07, 6.45) is 1.88. The molecule has 1 atom stereocenters. The summed E-state index contributed by atoms with van der Waals surface area (Å²) < 4.78 is 43.0. The smallest absolute Gasteiger partial charge is 0.388 e. The van der Waals surface area contributed by atoms with Crippen LogP contribution < -0.4 is 10.1 Å². The molecule has 1 aliphatic carbocycles. The Bertz CT molecular complexity index is 1160. The van der Waals surface area contributed by atoms with E-state index in [1.807, 2.05) is 16.8 Å². The lowest BCUT2D eigenvalue weighted by Gasteiger charge is -2.24. The summed E-state index contributed by atoms with van der Waals surface area (Å²) in [5.41, 5.74) is 3.78. The molecule has 10 heteroatoms. The Morgan fingerprint density at radius 2 is 1.91 bits per heavy atom. The quantitative estimate of drug-likeness (QED) is 0.633. The second-order valence-corrected chi connectivity index (χ2v) is 8.02. The molecule has 2 aliphatic rings. The molecule has 3 aromatic rings. The minimum Gasteiger partial charge on any atom is -0.388 e. The third-order valence-electron chi connectivity index (χ3n) is 5.63. The highest BCUT2D eigenvalue weighted by molar-refractivity contribution is 5.94. The maximum atomic E-state index is 12.7. The molecule has 7 nitrogen and oxygen atoms in total. The second kappa shape index (κ2) is 7.92. The first kappa shape index (κ1) is 20.5. The molecule has 166 valence electrons. The highest BCUT2D eigenvalue weighted by atomic mass is 19.4.